The second-order valence-electron chi connectivity index (χ2n) is 5.94. The fourth-order valence-electron chi connectivity index (χ4n) is 2.68. The molecule has 1 fully saturated rings. The molecule has 1 aromatic rings. The van der Waals surface area contributed by atoms with Crippen LogP contribution in [0.2, 0.25) is 0 Å². The zero-order valence-electron chi connectivity index (χ0n) is 13.7. The molecule has 0 saturated carbocycles. The average Bonchev–Trinajstić information content (AvgIpc) is 2.72. The van der Waals surface area contributed by atoms with Crippen LogP contribution >= 0.6 is 11.6 Å². The van der Waals surface area contributed by atoms with Crippen molar-refractivity contribution in [3.8, 4) is 0 Å². The third kappa shape index (κ3) is 4.70. The summed E-state index contributed by atoms with van der Waals surface area (Å²) in [6.07, 6.45) is 9.14. The molecule has 122 valence electrons. The maximum absolute atomic E-state index is 8.22. The second kappa shape index (κ2) is 8.51. The highest BCUT2D eigenvalue weighted by atomic mass is 35.5. The smallest absolute Gasteiger partial charge is 0.147 e. The van der Waals surface area contributed by atoms with Crippen LogP contribution in [-0.4, -0.2) is 41.5 Å². The summed E-state index contributed by atoms with van der Waals surface area (Å²) in [7, 11) is 0. The Labute approximate surface area is 138 Å². The number of halogens is 1. The molecule has 0 aromatic carbocycles. The largest absolute Gasteiger partial charge is 0.315 e. The Balaban J connectivity index is 2.05. The van der Waals surface area contributed by atoms with E-state index in [-0.39, 0.29) is 0 Å². The number of unbranched alkanes of at least 4 members (excludes halogenated alkanes) is 1. The number of nitrogens with one attached hydrogen (secondary N) is 2. The molecule has 0 unspecified atom stereocenters. The fraction of sp³-hybridized carbons (Fsp3) is 0.588. The summed E-state index contributed by atoms with van der Waals surface area (Å²) >= 11 is 6.22. The molecule has 5 heteroatoms. The first-order valence-electron chi connectivity index (χ1n) is 8.17. The van der Waals surface area contributed by atoms with Gasteiger partial charge in [0.15, 0.2) is 0 Å². The van der Waals surface area contributed by atoms with Crippen molar-refractivity contribution in [2.24, 2.45) is 0 Å². The summed E-state index contributed by atoms with van der Waals surface area (Å²) < 4.78 is 1.84. The van der Waals surface area contributed by atoms with Crippen molar-refractivity contribution < 1.29 is 0 Å². The lowest BCUT2D eigenvalue weighted by Crippen LogP contribution is -2.27. The van der Waals surface area contributed by atoms with Gasteiger partial charge in [-0.25, -0.2) is 0 Å². The molecule has 2 rings (SSSR count). The Morgan fingerprint density at radius 2 is 2.18 bits per heavy atom. The van der Waals surface area contributed by atoms with Gasteiger partial charge in [0, 0.05) is 32.0 Å². The average molecular weight is 323 g/mol. The minimum Gasteiger partial charge on any atom is -0.315 e. The van der Waals surface area contributed by atoms with E-state index in [1.165, 1.54) is 17.5 Å². The molecule has 0 bridgehead atoms. The quantitative estimate of drug-likeness (QED) is 0.645. The van der Waals surface area contributed by atoms with E-state index in [0.29, 0.717) is 10.9 Å². The minimum atomic E-state index is 0.363. The monoisotopic (exact) mass is 322 g/mol. The molecule has 0 aliphatic carbocycles. The van der Waals surface area contributed by atoms with E-state index in [4.69, 9.17) is 17.0 Å². The molecule has 0 radical (unpaired) electrons. The highest BCUT2D eigenvalue weighted by Gasteiger charge is 2.13. The van der Waals surface area contributed by atoms with Crippen molar-refractivity contribution in [3.05, 3.63) is 34.6 Å². The van der Waals surface area contributed by atoms with E-state index in [1.807, 2.05) is 16.8 Å². The lowest BCUT2D eigenvalue weighted by atomic mass is 10.2. The van der Waals surface area contributed by atoms with Crippen LogP contribution in [0.3, 0.4) is 0 Å². The molecule has 1 aliphatic rings. The summed E-state index contributed by atoms with van der Waals surface area (Å²) in [5, 5.41) is 12.2. The second-order valence-corrected chi connectivity index (χ2v) is 6.35. The molecule has 2 N–H and O–H groups in total. The maximum Gasteiger partial charge on any atom is 0.147 e. The lowest BCUT2D eigenvalue weighted by molar-refractivity contribution is 0.284. The van der Waals surface area contributed by atoms with Crippen LogP contribution in [0.5, 0.6) is 0 Å². The van der Waals surface area contributed by atoms with E-state index >= 15 is 0 Å². The summed E-state index contributed by atoms with van der Waals surface area (Å²) in [5.41, 5.74) is 2.51. The van der Waals surface area contributed by atoms with Gasteiger partial charge in [-0.2, -0.15) is 0 Å². The number of rotatable bonds is 5. The molecular weight excluding hydrogens is 296 g/mol. The van der Waals surface area contributed by atoms with Crippen LogP contribution in [0.15, 0.2) is 23.5 Å². The van der Waals surface area contributed by atoms with Gasteiger partial charge in [-0.15, -0.1) is 0 Å². The van der Waals surface area contributed by atoms with Gasteiger partial charge in [-0.05, 0) is 44.0 Å². The van der Waals surface area contributed by atoms with Gasteiger partial charge in [-0.3, -0.25) is 10.3 Å². The Morgan fingerprint density at radius 3 is 2.95 bits per heavy atom. The van der Waals surface area contributed by atoms with Crippen LogP contribution in [-0.2, 0) is 6.54 Å². The molecule has 0 atom stereocenters. The topological polar surface area (TPSA) is 44.1 Å². The van der Waals surface area contributed by atoms with Crippen LogP contribution < -0.4 is 5.32 Å². The SMILES string of the molecule is CCCC=C(Cl)C(=N)n1cc(C)c(CN2CCCNCC2)c1. The molecular formula is C17H27ClN4. The number of hydrogen-bond acceptors (Lipinski definition) is 3. The minimum absolute atomic E-state index is 0.363. The van der Waals surface area contributed by atoms with Gasteiger partial charge >= 0.3 is 0 Å². The van der Waals surface area contributed by atoms with Gasteiger partial charge in [0.1, 0.15) is 5.84 Å². The molecule has 1 aliphatic heterocycles. The van der Waals surface area contributed by atoms with E-state index in [0.717, 1.165) is 45.6 Å². The maximum atomic E-state index is 8.22. The highest BCUT2D eigenvalue weighted by molar-refractivity contribution is 6.42. The van der Waals surface area contributed by atoms with Crippen LogP contribution in [0.4, 0.5) is 0 Å². The van der Waals surface area contributed by atoms with E-state index in [2.05, 4.69) is 30.3 Å². The van der Waals surface area contributed by atoms with E-state index in [1.54, 1.807) is 0 Å². The predicted molar refractivity (Wildman–Crippen MR) is 93.9 cm³/mol. The van der Waals surface area contributed by atoms with E-state index < -0.39 is 0 Å². The summed E-state index contributed by atoms with van der Waals surface area (Å²) in [4.78, 5) is 2.48. The molecule has 4 nitrogen and oxygen atoms in total. The third-order valence-corrected chi connectivity index (χ3v) is 4.39. The number of nitrogens with zero attached hydrogens (tertiary/aromatic N) is 2. The van der Waals surface area contributed by atoms with Gasteiger partial charge in [0.05, 0.1) is 5.03 Å². The van der Waals surface area contributed by atoms with Crippen molar-refractivity contribution in [1.29, 1.82) is 5.41 Å². The van der Waals surface area contributed by atoms with Crippen molar-refractivity contribution in [2.75, 3.05) is 26.2 Å². The summed E-state index contributed by atoms with van der Waals surface area (Å²) in [5.74, 6) is 0.363. The fourth-order valence-corrected chi connectivity index (χ4v) is 2.89. The van der Waals surface area contributed by atoms with Crippen LogP contribution in [0, 0.1) is 12.3 Å². The van der Waals surface area contributed by atoms with Crippen LogP contribution in [0.1, 0.15) is 37.3 Å². The predicted octanol–water partition coefficient (Wildman–Crippen LogP) is 3.34. The molecule has 1 aromatic heterocycles. The van der Waals surface area contributed by atoms with Gasteiger partial charge in [-0.1, -0.05) is 31.0 Å². The van der Waals surface area contributed by atoms with Crippen molar-refractivity contribution >= 4 is 17.4 Å². The third-order valence-electron chi connectivity index (χ3n) is 4.06. The van der Waals surface area contributed by atoms with Gasteiger partial charge in [0.2, 0.25) is 0 Å². The molecule has 0 amide bonds. The number of allylic oxidation sites excluding steroid dienone is 2. The Kier molecular flexibility index (Phi) is 6.68. The van der Waals surface area contributed by atoms with Crippen molar-refractivity contribution in [3.63, 3.8) is 0 Å². The molecule has 22 heavy (non-hydrogen) atoms. The highest BCUT2D eigenvalue weighted by Crippen LogP contribution is 2.16. The molecule has 0 spiro atoms. The Bertz CT molecular complexity index is 525. The Hall–Kier alpha value is -1.10. The first kappa shape index (κ1) is 17.3. The molecule has 1 saturated heterocycles. The van der Waals surface area contributed by atoms with Gasteiger partial charge < -0.3 is 9.88 Å². The first-order chi connectivity index (χ1) is 10.6. The molecule has 2 heterocycles. The standard InChI is InChI=1S/C17H27ClN4/c1-3-4-6-16(18)17(19)22-11-14(2)15(13-22)12-21-9-5-7-20-8-10-21/h6,11,13,19-20H,3-5,7-10,12H2,1-2H3. The zero-order valence-corrected chi connectivity index (χ0v) is 14.4. The summed E-state index contributed by atoms with van der Waals surface area (Å²) in [6, 6.07) is 0. The number of aryl methyl sites for hydroxylation is 1. The number of aromatic nitrogens is 1. The van der Waals surface area contributed by atoms with Crippen molar-refractivity contribution in [2.45, 2.75) is 39.7 Å². The van der Waals surface area contributed by atoms with Crippen molar-refractivity contribution in [1.82, 2.24) is 14.8 Å². The summed E-state index contributed by atoms with van der Waals surface area (Å²) in [6.45, 7) is 9.55. The lowest BCUT2D eigenvalue weighted by Gasteiger charge is -2.19. The zero-order chi connectivity index (χ0) is 15.9. The van der Waals surface area contributed by atoms with Crippen LogP contribution in [0.25, 0.3) is 0 Å². The van der Waals surface area contributed by atoms with E-state index in [9.17, 15) is 0 Å². The first-order valence-corrected chi connectivity index (χ1v) is 8.55. The number of hydrogen-bond donors (Lipinski definition) is 2. The Morgan fingerprint density at radius 1 is 1.36 bits per heavy atom. The van der Waals surface area contributed by atoms with Gasteiger partial charge in [0.25, 0.3) is 0 Å². The normalized spacial score (nSPS) is 17.5.